The highest BCUT2D eigenvalue weighted by Crippen LogP contribution is 2.26. The molecule has 0 aliphatic heterocycles. The summed E-state index contributed by atoms with van der Waals surface area (Å²) in [6, 6.07) is 7.61. The van der Waals surface area contributed by atoms with Crippen molar-refractivity contribution < 1.29 is 14.4 Å². The summed E-state index contributed by atoms with van der Waals surface area (Å²) in [6.45, 7) is 3.29. The molecule has 22 heavy (non-hydrogen) atoms. The van der Waals surface area contributed by atoms with Gasteiger partial charge in [0.1, 0.15) is 0 Å². The van der Waals surface area contributed by atoms with Crippen molar-refractivity contribution in [3.63, 3.8) is 0 Å². The predicted molar refractivity (Wildman–Crippen MR) is 83.2 cm³/mol. The van der Waals surface area contributed by atoms with Crippen LogP contribution in [0.1, 0.15) is 25.3 Å². The topological polar surface area (TPSA) is 78.5 Å². The number of carbonyl (C=O) groups excluding carboxylic acids is 3. The van der Waals surface area contributed by atoms with Crippen LogP contribution in [0, 0.1) is 6.92 Å². The van der Waals surface area contributed by atoms with Crippen molar-refractivity contribution in [2.24, 2.45) is 0 Å². The Kier molecular flexibility index (Phi) is 5.14. The second kappa shape index (κ2) is 7.06. The number of hydrogen-bond donors (Lipinski definition) is 2. The van der Waals surface area contributed by atoms with E-state index in [1.807, 2.05) is 25.1 Å². The number of aryl methyl sites for hydroxylation is 1. The van der Waals surface area contributed by atoms with Crippen LogP contribution in [0.4, 0.5) is 5.69 Å². The number of benzene rings is 1. The molecule has 0 bridgehead atoms. The van der Waals surface area contributed by atoms with Crippen molar-refractivity contribution in [1.82, 2.24) is 10.2 Å². The quantitative estimate of drug-likeness (QED) is 0.825. The summed E-state index contributed by atoms with van der Waals surface area (Å²) in [5.41, 5.74) is 1.74. The fourth-order valence-corrected chi connectivity index (χ4v) is 2.20. The minimum Gasteiger partial charge on any atom is -0.345 e. The molecule has 1 aromatic carbocycles. The van der Waals surface area contributed by atoms with Gasteiger partial charge in [-0.05, 0) is 37.5 Å². The van der Waals surface area contributed by atoms with Crippen molar-refractivity contribution in [3.8, 4) is 0 Å². The van der Waals surface area contributed by atoms with E-state index in [0.717, 1.165) is 18.4 Å². The van der Waals surface area contributed by atoms with Crippen LogP contribution < -0.4 is 10.6 Å². The molecule has 1 aliphatic carbocycles. The molecule has 2 N–H and O–H groups in total. The fourth-order valence-electron chi connectivity index (χ4n) is 2.20. The summed E-state index contributed by atoms with van der Waals surface area (Å²) < 4.78 is 0. The van der Waals surface area contributed by atoms with Crippen LogP contribution in [-0.2, 0) is 14.4 Å². The largest absolute Gasteiger partial charge is 0.345 e. The van der Waals surface area contributed by atoms with Crippen molar-refractivity contribution >= 4 is 23.4 Å². The lowest BCUT2D eigenvalue weighted by molar-refractivity contribution is -0.135. The standard InChI is InChI=1S/C16H21N3O3/c1-11-4-3-5-13(8-11)18-15(21)9-17-16(22)10-19(12(2)20)14-6-7-14/h3-5,8,14H,6-7,9-10H2,1-2H3,(H,17,22)(H,18,21). The summed E-state index contributed by atoms with van der Waals surface area (Å²) in [6.07, 6.45) is 1.89. The molecule has 3 amide bonds. The SMILES string of the molecule is CC(=O)N(CC(=O)NCC(=O)Nc1cccc(C)c1)C1CC1. The van der Waals surface area contributed by atoms with Crippen molar-refractivity contribution in [3.05, 3.63) is 29.8 Å². The van der Waals surface area contributed by atoms with E-state index in [9.17, 15) is 14.4 Å². The first-order valence-corrected chi connectivity index (χ1v) is 7.36. The van der Waals surface area contributed by atoms with Gasteiger partial charge >= 0.3 is 0 Å². The maximum atomic E-state index is 11.8. The Hall–Kier alpha value is -2.37. The molecule has 0 atom stereocenters. The van der Waals surface area contributed by atoms with E-state index in [-0.39, 0.29) is 36.9 Å². The molecule has 1 aromatic rings. The molecule has 0 aromatic heterocycles. The van der Waals surface area contributed by atoms with Gasteiger partial charge in [0.2, 0.25) is 17.7 Å². The van der Waals surface area contributed by atoms with Crippen LogP contribution in [-0.4, -0.2) is 41.8 Å². The number of nitrogens with one attached hydrogen (secondary N) is 2. The Morgan fingerprint density at radius 1 is 1.23 bits per heavy atom. The average Bonchev–Trinajstić information content (AvgIpc) is 3.26. The third kappa shape index (κ3) is 4.87. The monoisotopic (exact) mass is 303 g/mol. The first-order chi connectivity index (χ1) is 10.5. The third-order valence-corrected chi connectivity index (χ3v) is 3.45. The molecule has 0 saturated heterocycles. The highest BCUT2D eigenvalue weighted by atomic mass is 16.2. The van der Waals surface area contributed by atoms with Crippen LogP contribution in [0.25, 0.3) is 0 Å². The van der Waals surface area contributed by atoms with E-state index in [0.29, 0.717) is 5.69 Å². The second-order valence-electron chi connectivity index (χ2n) is 5.57. The zero-order valence-corrected chi connectivity index (χ0v) is 12.9. The Morgan fingerprint density at radius 3 is 2.55 bits per heavy atom. The molecule has 0 radical (unpaired) electrons. The zero-order valence-electron chi connectivity index (χ0n) is 12.9. The van der Waals surface area contributed by atoms with Gasteiger partial charge in [0, 0.05) is 18.7 Å². The first kappa shape index (κ1) is 16.0. The number of amides is 3. The molecule has 0 spiro atoms. The van der Waals surface area contributed by atoms with Crippen LogP contribution in [0.15, 0.2) is 24.3 Å². The van der Waals surface area contributed by atoms with Gasteiger partial charge in [-0.1, -0.05) is 12.1 Å². The summed E-state index contributed by atoms with van der Waals surface area (Å²) in [4.78, 5) is 36.6. The number of anilines is 1. The van der Waals surface area contributed by atoms with E-state index in [4.69, 9.17) is 0 Å². The average molecular weight is 303 g/mol. The second-order valence-corrected chi connectivity index (χ2v) is 5.57. The van der Waals surface area contributed by atoms with Gasteiger partial charge in [0.15, 0.2) is 0 Å². The highest BCUT2D eigenvalue weighted by Gasteiger charge is 2.31. The van der Waals surface area contributed by atoms with Gasteiger partial charge in [-0.25, -0.2) is 0 Å². The first-order valence-electron chi connectivity index (χ1n) is 7.36. The highest BCUT2D eigenvalue weighted by molar-refractivity contribution is 5.95. The predicted octanol–water partition coefficient (Wildman–Crippen LogP) is 1.06. The van der Waals surface area contributed by atoms with Crippen LogP contribution in [0.2, 0.25) is 0 Å². The third-order valence-electron chi connectivity index (χ3n) is 3.45. The Morgan fingerprint density at radius 2 is 1.95 bits per heavy atom. The van der Waals surface area contributed by atoms with Crippen molar-refractivity contribution in [1.29, 1.82) is 0 Å². The van der Waals surface area contributed by atoms with Gasteiger partial charge in [-0.3, -0.25) is 14.4 Å². The molecule has 0 heterocycles. The maximum absolute atomic E-state index is 11.8. The van der Waals surface area contributed by atoms with Gasteiger partial charge in [0.25, 0.3) is 0 Å². The summed E-state index contributed by atoms with van der Waals surface area (Å²) in [5.74, 6) is -0.719. The smallest absolute Gasteiger partial charge is 0.243 e. The van der Waals surface area contributed by atoms with Crippen molar-refractivity contribution in [2.75, 3.05) is 18.4 Å². The van der Waals surface area contributed by atoms with E-state index in [2.05, 4.69) is 10.6 Å². The minimum absolute atomic E-state index is 0.0116. The van der Waals surface area contributed by atoms with Gasteiger partial charge in [-0.2, -0.15) is 0 Å². The fraction of sp³-hybridized carbons (Fsp3) is 0.438. The van der Waals surface area contributed by atoms with Gasteiger partial charge in [-0.15, -0.1) is 0 Å². The number of nitrogens with zero attached hydrogens (tertiary/aromatic N) is 1. The lowest BCUT2D eigenvalue weighted by Crippen LogP contribution is -2.43. The lowest BCUT2D eigenvalue weighted by atomic mass is 10.2. The summed E-state index contributed by atoms with van der Waals surface area (Å²) >= 11 is 0. The van der Waals surface area contributed by atoms with E-state index >= 15 is 0 Å². The Labute approximate surface area is 129 Å². The Bertz CT molecular complexity index is 582. The van der Waals surface area contributed by atoms with E-state index in [1.54, 1.807) is 11.0 Å². The van der Waals surface area contributed by atoms with Gasteiger partial charge < -0.3 is 15.5 Å². The van der Waals surface area contributed by atoms with Crippen LogP contribution >= 0.6 is 0 Å². The molecule has 1 saturated carbocycles. The molecule has 1 fully saturated rings. The Balaban J connectivity index is 1.75. The zero-order chi connectivity index (χ0) is 16.1. The normalized spacial score (nSPS) is 13.4. The lowest BCUT2D eigenvalue weighted by Gasteiger charge is -2.19. The number of hydrogen-bond acceptors (Lipinski definition) is 3. The molecule has 0 unspecified atom stereocenters. The minimum atomic E-state index is -0.318. The molecule has 6 nitrogen and oxygen atoms in total. The molecule has 2 rings (SSSR count). The summed E-state index contributed by atoms with van der Waals surface area (Å²) in [7, 11) is 0. The molecular weight excluding hydrogens is 282 g/mol. The molecule has 1 aliphatic rings. The molecule has 118 valence electrons. The van der Waals surface area contributed by atoms with Crippen LogP contribution in [0.3, 0.4) is 0 Å². The van der Waals surface area contributed by atoms with Crippen LogP contribution in [0.5, 0.6) is 0 Å². The van der Waals surface area contributed by atoms with Crippen molar-refractivity contribution in [2.45, 2.75) is 32.7 Å². The molecular formula is C16H21N3O3. The number of carbonyl (C=O) groups is 3. The van der Waals surface area contributed by atoms with E-state index < -0.39 is 0 Å². The molecule has 6 heteroatoms. The number of rotatable bonds is 6. The summed E-state index contributed by atoms with van der Waals surface area (Å²) in [5, 5.41) is 5.26. The maximum Gasteiger partial charge on any atom is 0.243 e. The van der Waals surface area contributed by atoms with E-state index in [1.165, 1.54) is 6.92 Å². The van der Waals surface area contributed by atoms with Gasteiger partial charge in [0.05, 0.1) is 13.1 Å².